The summed E-state index contributed by atoms with van der Waals surface area (Å²) >= 11 is 0. The van der Waals surface area contributed by atoms with Crippen molar-refractivity contribution >= 4 is 12.0 Å². The maximum Gasteiger partial charge on any atom is 0.328 e. The Labute approximate surface area is 122 Å². The fourth-order valence-electron chi connectivity index (χ4n) is 1.71. The summed E-state index contributed by atoms with van der Waals surface area (Å²) in [5.74, 6) is 0.119. The van der Waals surface area contributed by atoms with E-state index in [-0.39, 0.29) is 6.61 Å². The molecular formula is C16H15NO4. The third-order valence-electron chi connectivity index (χ3n) is 2.69. The average Bonchev–Trinajstić information content (AvgIpc) is 2.52. The summed E-state index contributed by atoms with van der Waals surface area (Å²) in [6, 6.07) is 12.6. The summed E-state index contributed by atoms with van der Waals surface area (Å²) in [6.45, 7) is 0.273. The quantitative estimate of drug-likeness (QED) is 0.826. The molecule has 0 aliphatic heterocycles. The van der Waals surface area contributed by atoms with Gasteiger partial charge in [-0.3, -0.25) is 0 Å². The lowest BCUT2D eigenvalue weighted by Gasteiger charge is -2.09. The minimum Gasteiger partial charge on any atom is -0.487 e. The van der Waals surface area contributed by atoms with Gasteiger partial charge in [-0.1, -0.05) is 24.3 Å². The number of rotatable bonds is 6. The molecule has 0 saturated heterocycles. The standard InChI is InChI=1S/C16H15NO4/c1-20-15-8-4-6-13(17-15)11-21-14-7-3-2-5-12(14)9-10-16(18)19/h2-10H,11H2,1H3,(H,18,19). The van der Waals surface area contributed by atoms with Crippen molar-refractivity contribution in [3.8, 4) is 11.6 Å². The summed E-state index contributed by atoms with van der Waals surface area (Å²) < 4.78 is 10.7. The highest BCUT2D eigenvalue weighted by Gasteiger charge is 2.03. The molecule has 0 bridgehead atoms. The Morgan fingerprint density at radius 2 is 2.05 bits per heavy atom. The fourth-order valence-corrected chi connectivity index (χ4v) is 1.71. The molecule has 1 aromatic heterocycles. The summed E-state index contributed by atoms with van der Waals surface area (Å²) in [5.41, 5.74) is 1.43. The molecule has 2 rings (SSSR count). The van der Waals surface area contributed by atoms with Crippen LogP contribution in [0.1, 0.15) is 11.3 Å². The van der Waals surface area contributed by atoms with Crippen molar-refractivity contribution in [2.45, 2.75) is 6.61 Å². The molecule has 108 valence electrons. The van der Waals surface area contributed by atoms with Gasteiger partial charge in [-0.25, -0.2) is 9.78 Å². The van der Waals surface area contributed by atoms with Crippen LogP contribution < -0.4 is 9.47 Å². The molecule has 0 spiro atoms. The second-order valence-corrected chi connectivity index (χ2v) is 4.17. The molecule has 1 N–H and O–H groups in total. The Balaban J connectivity index is 2.10. The first kappa shape index (κ1) is 14.6. The van der Waals surface area contributed by atoms with E-state index in [0.717, 1.165) is 11.8 Å². The number of aliphatic carboxylic acids is 1. The van der Waals surface area contributed by atoms with Crippen LogP contribution in [0.4, 0.5) is 0 Å². The zero-order valence-electron chi connectivity index (χ0n) is 11.5. The van der Waals surface area contributed by atoms with Gasteiger partial charge in [0.15, 0.2) is 0 Å². The number of hydrogen-bond acceptors (Lipinski definition) is 4. The first-order chi connectivity index (χ1) is 10.2. The van der Waals surface area contributed by atoms with E-state index in [9.17, 15) is 4.79 Å². The van der Waals surface area contributed by atoms with Crippen molar-refractivity contribution in [3.63, 3.8) is 0 Å². The number of benzene rings is 1. The number of carbonyl (C=O) groups is 1. The van der Waals surface area contributed by atoms with E-state index in [1.54, 1.807) is 25.3 Å². The van der Waals surface area contributed by atoms with Crippen LogP contribution in [-0.2, 0) is 11.4 Å². The summed E-state index contributed by atoms with van der Waals surface area (Å²) in [6.07, 6.45) is 2.57. The first-order valence-electron chi connectivity index (χ1n) is 6.32. The van der Waals surface area contributed by atoms with Crippen molar-refractivity contribution in [2.24, 2.45) is 0 Å². The van der Waals surface area contributed by atoms with Gasteiger partial charge < -0.3 is 14.6 Å². The SMILES string of the molecule is COc1cccc(COc2ccccc2C=CC(=O)O)n1. The van der Waals surface area contributed by atoms with Gasteiger partial charge in [0, 0.05) is 17.7 Å². The van der Waals surface area contributed by atoms with Crippen LogP contribution in [-0.4, -0.2) is 23.2 Å². The molecule has 0 aliphatic carbocycles. The number of methoxy groups -OCH3 is 1. The number of aromatic nitrogens is 1. The maximum atomic E-state index is 10.6. The Morgan fingerprint density at radius 1 is 1.24 bits per heavy atom. The number of ether oxygens (including phenoxy) is 2. The lowest BCUT2D eigenvalue weighted by Crippen LogP contribution is -2.00. The van der Waals surface area contributed by atoms with E-state index >= 15 is 0 Å². The molecule has 0 radical (unpaired) electrons. The van der Waals surface area contributed by atoms with E-state index in [1.165, 1.54) is 6.08 Å². The first-order valence-corrected chi connectivity index (χ1v) is 6.32. The molecule has 21 heavy (non-hydrogen) atoms. The number of carboxylic acids is 1. The lowest BCUT2D eigenvalue weighted by molar-refractivity contribution is -0.131. The molecule has 0 fully saturated rings. The molecule has 1 aromatic carbocycles. The normalized spacial score (nSPS) is 10.5. The minimum atomic E-state index is -1.00. The van der Waals surface area contributed by atoms with Crippen LogP contribution in [0.3, 0.4) is 0 Å². The van der Waals surface area contributed by atoms with Crippen LogP contribution in [0.15, 0.2) is 48.5 Å². The molecule has 0 aliphatic rings. The molecular weight excluding hydrogens is 270 g/mol. The zero-order chi connectivity index (χ0) is 15.1. The minimum absolute atomic E-state index is 0.273. The fraction of sp³-hybridized carbons (Fsp3) is 0.125. The third-order valence-corrected chi connectivity index (χ3v) is 2.69. The summed E-state index contributed by atoms with van der Waals surface area (Å²) in [5, 5.41) is 8.68. The average molecular weight is 285 g/mol. The maximum absolute atomic E-state index is 10.6. The predicted molar refractivity (Wildman–Crippen MR) is 78.2 cm³/mol. The molecule has 5 nitrogen and oxygen atoms in total. The Bertz CT molecular complexity index is 652. The summed E-state index contributed by atoms with van der Waals surface area (Å²) in [7, 11) is 1.55. The third kappa shape index (κ3) is 4.35. The topological polar surface area (TPSA) is 68.7 Å². The van der Waals surface area contributed by atoms with Gasteiger partial charge >= 0.3 is 5.97 Å². The van der Waals surface area contributed by atoms with Crippen molar-refractivity contribution in [1.29, 1.82) is 0 Å². The van der Waals surface area contributed by atoms with E-state index in [1.807, 2.05) is 24.3 Å². The summed E-state index contributed by atoms with van der Waals surface area (Å²) in [4.78, 5) is 14.8. The van der Waals surface area contributed by atoms with Crippen molar-refractivity contribution in [1.82, 2.24) is 4.98 Å². The largest absolute Gasteiger partial charge is 0.487 e. The highest BCUT2D eigenvalue weighted by Crippen LogP contribution is 2.20. The molecule has 5 heteroatoms. The monoisotopic (exact) mass is 285 g/mol. The van der Waals surface area contributed by atoms with Crippen molar-refractivity contribution in [2.75, 3.05) is 7.11 Å². The van der Waals surface area contributed by atoms with E-state index < -0.39 is 5.97 Å². The van der Waals surface area contributed by atoms with Crippen molar-refractivity contribution < 1.29 is 19.4 Å². The van der Waals surface area contributed by atoms with Gasteiger partial charge in [0.2, 0.25) is 5.88 Å². The molecule has 2 aromatic rings. The van der Waals surface area contributed by atoms with Crippen LogP contribution in [0, 0.1) is 0 Å². The van der Waals surface area contributed by atoms with Gasteiger partial charge in [-0.05, 0) is 18.2 Å². The molecule has 0 unspecified atom stereocenters. The molecule has 1 heterocycles. The molecule has 0 saturated carbocycles. The van der Waals surface area contributed by atoms with Crippen LogP contribution in [0.25, 0.3) is 6.08 Å². The van der Waals surface area contributed by atoms with Gasteiger partial charge in [0.05, 0.1) is 12.8 Å². The number of nitrogens with zero attached hydrogens (tertiary/aromatic N) is 1. The highest BCUT2D eigenvalue weighted by molar-refractivity contribution is 5.85. The van der Waals surface area contributed by atoms with E-state index in [0.29, 0.717) is 17.2 Å². The van der Waals surface area contributed by atoms with Crippen molar-refractivity contribution in [3.05, 3.63) is 59.8 Å². The van der Waals surface area contributed by atoms with Gasteiger partial charge in [-0.2, -0.15) is 0 Å². The lowest BCUT2D eigenvalue weighted by atomic mass is 10.2. The van der Waals surface area contributed by atoms with Gasteiger partial charge in [-0.15, -0.1) is 0 Å². The number of carboxylic acid groups (broad SMARTS) is 1. The van der Waals surface area contributed by atoms with Crippen LogP contribution in [0.5, 0.6) is 11.6 Å². The number of para-hydroxylation sites is 1. The van der Waals surface area contributed by atoms with Gasteiger partial charge in [0.25, 0.3) is 0 Å². The Kier molecular flexibility index (Phi) is 4.93. The van der Waals surface area contributed by atoms with Crippen LogP contribution >= 0.6 is 0 Å². The second kappa shape index (κ2) is 7.09. The van der Waals surface area contributed by atoms with E-state index in [4.69, 9.17) is 14.6 Å². The molecule has 0 amide bonds. The second-order valence-electron chi connectivity index (χ2n) is 4.17. The Morgan fingerprint density at radius 3 is 2.81 bits per heavy atom. The van der Waals surface area contributed by atoms with Gasteiger partial charge in [0.1, 0.15) is 12.4 Å². The number of pyridine rings is 1. The highest BCUT2D eigenvalue weighted by atomic mass is 16.5. The van der Waals surface area contributed by atoms with E-state index in [2.05, 4.69) is 4.98 Å². The Hall–Kier alpha value is -2.82. The number of hydrogen-bond donors (Lipinski definition) is 1. The smallest absolute Gasteiger partial charge is 0.328 e. The molecule has 0 atom stereocenters. The predicted octanol–water partition coefficient (Wildman–Crippen LogP) is 2.77. The van der Waals surface area contributed by atoms with Crippen LogP contribution in [0.2, 0.25) is 0 Å². The zero-order valence-corrected chi connectivity index (χ0v) is 11.5.